The zero-order valence-corrected chi connectivity index (χ0v) is 62.0. The van der Waals surface area contributed by atoms with Crippen LogP contribution in [0.5, 0.6) is 0 Å². The van der Waals surface area contributed by atoms with Crippen molar-refractivity contribution in [1.29, 1.82) is 0 Å². The molecular weight excluding hydrogens is 1210 g/mol. The lowest BCUT2D eigenvalue weighted by Gasteiger charge is -2.21. The maximum atomic E-state index is 13.0. The Bertz CT molecular complexity index is 1820. The summed E-state index contributed by atoms with van der Waals surface area (Å²) >= 11 is 0. The molecule has 3 unspecified atom stereocenters. The van der Waals surface area contributed by atoms with Crippen LogP contribution in [0.3, 0.4) is 0 Å². The first-order chi connectivity index (χ1) is 44.1. The molecule has 0 aromatic heterocycles. The molecule has 0 radical (unpaired) electrons. The Hall–Kier alpha value is -1.94. The SMILES string of the molecule is CC(C)CCCCCCCCCCCCCCCCC(=O)O[C@H](COC(=O)CCCCCCCCC(C)C)COP(=O)(O)OCC(O)COP(=O)(O)OC[C@@H](COC(=O)CCCCCCCCCCCCCC(C)C)OC(=O)CCCCCCCCCCCC(C)C. The Kier molecular flexibility index (Phi) is 61.3. The highest BCUT2D eigenvalue weighted by atomic mass is 31.2. The molecule has 0 aromatic rings. The van der Waals surface area contributed by atoms with Crippen molar-refractivity contribution < 1.29 is 80.2 Å². The summed E-state index contributed by atoms with van der Waals surface area (Å²) in [6.45, 7) is 14.1. The molecule has 3 N–H and O–H groups in total. The number of phosphoric acid groups is 2. The van der Waals surface area contributed by atoms with E-state index in [2.05, 4.69) is 55.4 Å². The summed E-state index contributed by atoms with van der Waals surface area (Å²) in [4.78, 5) is 72.6. The van der Waals surface area contributed by atoms with Gasteiger partial charge in [-0.2, -0.15) is 0 Å². The van der Waals surface area contributed by atoms with E-state index in [1.54, 1.807) is 0 Å². The molecule has 0 heterocycles. The Morgan fingerprint density at radius 1 is 0.272 bits per heavy atom. The number of aliphatic hydroxyl groups excluding tert-OH is 1. The monoisotopic (exact) mass is 1350 g/mol. The van der Waals surface area contributed by atoms with Crippen LogP contribution in [0.1, 0.15) is 364 Å². The van der Waals surface area contributed by atoms with Crippen molar-refractivity contribution in [3.8, 4) is 0 Å². The maximum Gasteiger partial charge on any atom is 0.472 e. The molecule has 0 fully saturated rings. The van der Waals surface area contributed by atoms with Crippen LogP contribution in [0.2, 0.25) is 0 Å². The molecule has 0 saturated heterocycles. The number of ether oxygens (including phenoxy) is 4. The third kappa shape index (κ3) is 66.7. The Morgan fingerprint density at radius 2 is 0.457 bits per heavy atom. The fourth-order valence-electron chi connectivity index (χ4n) is 11.0. The van der Waals surface area contributed by atoms with E-state index in [4.69, 9.17) is 37.0 Å². The standard InChI is InChI=1S/C73H142O17P2/c1-63(2)49-41-33-25-19-14-11-9-10-12-16-23-29-39-47-55-72(77)90-69(60-84-71(76)54-46-38-32-31-36-44-52-66(7)8)62-88-92(81,82)86-58-67(74)57-85-91(79,80)87-61-68(89-73(78)56-48-40-30-24-18-21-27-35-43-51-65(5)6)59-83-70(75)53-45-37-28-22-17-13-15-20-26-34-42-50-64(3)4/h63-69,74H,9-62H2,1-8H3,(H,79,80)(H,81,82)/t67?,68-,69-/m1/s1. The molecule has 0 aliphatic heterocycles. The average molecular weight is 1350 g/mol. The number of carbonyl (C=O) groups excluding carboxylic acids is 4. The summed E-state index contributed by atoms with van der Waals surface area (Å²) in [6, 6.07) is 0. The van der Waals surface area contributed by atoms with E-state index in [-0.39, 0.29) is 25.7 Å². The number of carbonyl (C=O) groups is 4. The minimum Gasteiger partial charge on any atom is -0.462 e. The molecule has 92 heavy (non-hydrogen) atoms. The number of aliphatic hydroxyl groups is 1. The van der Waals surface area contributed by atoms with E-state index in [0.29, 0.717) is 31.6 Å². The highest BCUT2D eigenvalue weighted by Gasteiger charge is 2.30. The number of esters is 4. The first-order valence-electron chi connectivity index (χ1n) is 37.7. The van der Waals surface area contributed by atoms with Gasteiger partial charge >= 0.3 is 39.5 Å². The Labute approximate surface area is 562 Å². The predicted molar refractivity (Wildman–Crippen MR) is 372 cm³/mol. The summed E-state index contributed by atoms with van der Waals surface area (Å²) in [6.07, 6.45) is 46.0. The third-order valence-electron chi connectivity index (χ3n) is 16.8. The second-order valence-electron chi connectivity index (χ2n) is 28.2. The lowest BCUT2D eigenvalue weighted by molar-refractivity contribution is -0.161. The average Bonchev–Trinajstić information content (AvgIpc) is 1.78. The summed E-state index contributed by atoms with van der Waals surface area (Å²) < 4.78 is 68.4. The zero-order valence-electron chi connectivity index (χ0n) is 60.2. The van der Waals surface area contributed by atoms with Gasteiger partial charge in [0.15, 0.2) is 12.2 Å². The minimum atomic E-state index is -4.95. The minimum absolute atomic E-state index is 0.105. The van der Waals surface area contributed by atoms with Crippen molar-refractivity contribution >= 4 is 39.5 Å². The van der Waals surface area contributed by atoms with Crippen molar-refractivity contribution in [2.45, 2.75) is 382 Å². The molecule has 0 bridgehead atoms. The molecule has 0 aromatic carbocycles. The van der Waals surface area contributed by atoms with Crippen LogP contribution in [0, 0.1) is 23.7 Å². The number of unbranched alkanes of at least 4 members (excludes halogenated alkanes) is 36. The molecule has 0 saturated carbocycles. The third-order valence-corrected chi connectivity index (χ3v) is 18.7. The fourth-order valence-corrected chi connectivity index (χ4v) is 12.6. The number of phosphoric ester groups is 2. The van der Waals surface area contributed by atoms with E-state index in [9.17, 15) is 43.2 Å². The van der Waals surface area contributed by atoms with Gasteiger partial charge in [0.1, 0.15) is 19.3 Å². The molecule has 19 heteroatoms. The first-order valence-corrected chi connectivity index (χ1v) is 40.7. The highest BCUT2D eigenvalue weighted by Crippen LogP contribution is 2.45. The van der Waals surface area contributed by atoms with Crippen LogP contribution >= 0.6 is 15.6 Å². The van der Waals surface area contributed by atoms with Crippen molar-refractivity contribution in [3.05, 3.63) is 0 Å². The van der Waals surface area contributed by atoms with Crippen molar-refractivity contribution in [3.63, 3.8) is 0 Å². The van der Waals surface area contributed by atoms with Gasteiger partial charge in [-0.15, -0.1) is 0 Å². The lowest BCUT2D eigenvalue weighted by Crippen LogP contribution is -2.30. The molecule has 0 spiro atoms. The summed E-state index contributed by atoms with van der Waals surface area (Å²) in [5, 5.41) is 10.6. The van der Waals surface area contributed by atoms with Crippen molar-refractivity contribution in [2.75, 3.05) is 39.6 Å². The van der Waals surface area contributed by atoms with Gasteiger partial charge in [-0.05, 0) is 49.4 Å². The predicted octanol–water partition coefficient (Wildman–Crippen LogP) is 20.9. The van der Waals surface area contributed by atoms with Gasteiger partial charge in [0.25, 0.3) is 0 Å². The molecule has 5 atom stereocenters. The Morgan fingerprint density at radius 3 is 0.674 bits per heavy atom. The van der Waals surface area contributed by atoms with Crippen LogP contribution in [-0.4, -0.2) is 96.7 Å². The van der Waals surface area contributed by atoms with Crippen LogP contribution in [0.15, 0.2) is 0 Å². The normalized spacial score (nSPS) is 14.2. The van der Waals surface area contributed by atoms with Gasteiger partial charge in [0, 0.05) is 25.7 Å². The van der Waals surface area contributed by atoms with E-state index in [1.807, 2.05) is 0 Å². The Balaban J connectivity index is 5.22. The highest BCUT2D eigenvalue weighted by molar-refractivity contribution is 7.47. The summed E-state index contributed by atoms with van der Waals surface area (Å²) in [5.41, 5.74) is 0. The summed E-state index contributed by atoms with van der Waals surface area (Å²) in [5.74, 6) is 0.855. The van der Waals surface area contributed by atoms with Gasteiger partial charge < -0.3 is 33.8 Å². The number of hydrogen-bond acceptors (Lipinski definition) is 15. The van der Waals surface area contributed by atoms with Gasteiger partial charge in [0.2, 0.25) is 0 Å². The van der Waals surface area contributed by atoms with E-state index in [1.165, 1.54) is 161 Å². The number of rotatable bonds is 70. The van der Waals surface area contributed by atoms with Gasteiger partial charge in [-0.1, -0.05) is 312 Å². The van der Waals surface area contributed by atoms with Crippen LogP contribution < -0.4 is 0 Å². The smallest absolute Gasteiger partial charge is 0.462 e. The lowest BCUT2D eigenvalue weighted by atomic mass is 10.0. The molecule has 0 amide bonds. The van der Waals surface area contributed by atoms with E-state index < -0.39 is 97.5 Å². The van der Waals surface area contributed by atoms with E-state index in [0.717, 1.165) is 114 Å². The number of hydrogen-bond donors (Lipinski definition) is 3. The van der Waals surface area contributed by atoms with Gasteiger partial charge in [-0.25, -0.2) is 9.13 Å². The quantitative estimate of drug-likeness (QED) is 0.0222. The van der Waals surface area contributed by atoms with Crippen LogP contribution in [0.4, 0.5) is 0 Å². The van der Waals surface area contributed by atoms with Crippen molar-refractivity contribution in [1.82, 2.24) is 0 Å². The molecular formula is C73H142O17P2. The first kappa shape index (κ1) is 90.1. The van der Waals surface area contributed by atoms with Gasteiger partial charge in [0.05, 0.1) is 26.4 Å². The van der Waals surface area contributed by atoms with Gasteiger partial charge in [-0.3, -0.25) is 37.3 Å². The molecule has 0 rings (SSSR count). The second kappa shape index (κ2) is 62.6. The molecule has 0 aliphatic carbocycles. The largest absolute Gasteiger partial charge is 0.472 e. The van der Waals surface area contributed by atoms with Crippen LogP contribution in [-0.2, 0) is 65.4 Å². The maximum absolute atomic E-state index is 13.0. The van der Waals surface area contributed by atoms with Crippen LogP contribution in [0.25, 0.3) is 0 Å². The second-order valence-corrected chi connectivity index (χ2v) is 31.1. The molecule has 546 valence electrons. The molecule has 0 aliphatic rings. The fraction of sp³-hybridized carbons (Fsp3) is 0.945. The summed E-state index contributed by atoms with van der Waals surface area (Å²) in [7, 11) is -9.91. The topological polar surface area (TPSA) is 237 Å². The zero-order chi connectivity index (χ0) is 68.2. The molecule has 17 nitrogen and oxygen atoms in total. The van der Waals surface area contributed by atoms with E-state index >= 15 is 0 Å². The van der Waals surface area contributed by atoms with Crippen molar-refractivity contribution in [2.24, 2.45) is 23.7 Å².